The molecule has 144 valence electrons. The van der Waals surface area contributed by atoms with Gasteiger partial charge in [-0.05, 0) is 31.9 Å². The Morgan fingerprint density at radius 1 is 1.44 bits per heavy atom. The summed E-state index contributed by atoms with van der Waals surface area (Å²) in [6, 6.07) is 3.58. The first-order valence-corrected chi connectivity index (χ1v) is 10.1. The third-order valence-electron chi connectivity index (χ3n) is 4.91. The van der Waals surface area contributed by atoms with Crippen molar-refractivity contribution in [1.82, 2.24) is 19.5 Å². The summed E-state index contributed by atoms with van der Waals surface area (Å²) in [5.74, 6) is 0.479. The van der Waals surface area contributed by atoms with Gasteiger partial charge < -0.3 is 10.4 Å². The second-order valence-corrected chi connectivity index (χ2v) is 9.53. The molecule has 3 aromatic heterocycles. The number of aliphatic hydroxyl groups is 1. The standard InChI is InChI=1S/C18H21ClN4O3S/c1-9(2)16-21-22(8-15(24)20-10-6-18(3,26)7-10)17(25)12-4-13-11(23(12)16)5-14(19)27-13/h4-5,9-10,26H,6-8H2,1-3H3,(H,20,24)/t10-,18+. The van der Waals surface area contributed by atoms with Crippen LogP contribution >= 0.6 is 22.9 Å². The van der Waals surface area contributed by atoms with Crippen molar-refractivity contribution in [2.45, 2.75) is 57.7 Å². The van der Waals surface area contributed by atoms with Gasteiger partial charge in [0.15, 0.2) is 0 Å². The highest BCUT2D eigenvalue weighted by Crippen LogP contribution is 2.33. The molecule has 1 amide bonds. The molecular formula is C18H21ClN4O3S. The van der Waals surface area contributed by atoms with Crippen LogP contribution in [0.4, 0.5) is 0 Å². The first-order valence-electron chi connectivity index (χ1n) is 8.88. The number of halogens is 1. The average molecular weight is 409 g/mol. The number of hydrogen-bond acceptors (Lipinski definition) is 5. The number of hydrogen-bond donors (Lipinski definition) is 2. The highest BCUT2D eigenvalue weighted by molar-refractivity contribution is 7.22. The molecule has 1 saturated carbocycles. The van der Waals surface area contributed by atoms with Crippen LogP contribution in [0.15, 0.2) is 16.9 Å². The van der Waals surface area contributed by atoms with Crippen molar-refractivity contribution in [3.05, 3.63) is 32.6 Å². The number of carbonyl (C=O) groups is 1. The van der Waals surface area contributed by atoms with Gasteiger partial charge in [0.05, 0.1) is 20.2 Å². The summed E-state index contributed by atoms with van der Waals surface area (Å²) in [7, 11) is 0. The fourth-order valence-electron chi connectivity index (χ4n) is 3.71. The lowest BCUT2D eigenvalue weighted by molar-refractivity contribution is -0.125. The zero-order chi connectivity index (χ0) is 19.5. The normalized spacial score (nSPS) is 22.5. The van der Waals surface area contributed by atoms with Gasteiger partial charge in [0, 0.05) is 12.0 Å². The van der Waals surface area contributed by atoms with Crippen LogP contribution in [-0.4, -0.2) is 36.8 Å². The molecule has 3 heterocycles. The van der Waals surface area contributed by atoms with Crippen LogP contribution < -0.4 is 10.9 Å². The second-order valence-electron chi connectivity index (χ2n) is 7.81. The number of amides is 1. The molecule has 0 saturated heterocycles. The molecule has 2 N–H and O–H groups in total. The molecule has 0 unspecified atom stereocenters. The van der Waals surface area contributed by atoms with E-state index in [1.54, 1.807) is 13.0 Å². The molecule has 4 rings (SSSR count). The van der Waals surface area contributed by atoms with Crippen LogP contribution in [0.25, 0.3) is 15.7 Å². The van der Waals surface area contributed by atoms with Crippen LogP contribution in [0.2, 0.25) is 4.34 Å². The predicted octanol–water partition coefficient (Wildman–Crippen LogP) is 2.52. The van der Waals surface area contributed by atoms with Gasteiger partial charge in [0.2, 0.25) is 5.91 Å². The summed E-state index contributed by atoms with van der Waals surface area (Å²) < 4.78 is 4.63. The second kappa shape index (κ2) is 6.32. The lowest BCUT2D eigenvalue weighted by atomic mass is 9.77. The van der Waals surface area contributed by atoms with Gasteiger partial charge in [-0.15, -0.1) is 11.3 Å². The topological polar surface area (TPSA) is 88.6 Å². The summed E-state index contributed by atoms with van der Waals surface area (Å²) in [4.78, 5) is 25.2. The molecule has 0 aromatic carbocycles. The Labute approximate surface area is 164 Å². The summed E-state index contributed by atoms with van der Waals surface area (Å²) in [5.41, 5.74) is 0.331. The molecule has 1 fully saturated rings. The van der Waals surface area contributed by atoms with Crippen LogP contribution in [-0.2, 0) is 11.3 Å². The Morgan fingerprint density at radius 3 is 2.78 bits per heavy atom. The highest BCUT2D eigenvalue weighted by Gasteiger charge is 2.39. The summed E-state index contributed by atoms with van der Waals surface area (Å²) in [6.07, 6.45) is 1.04. The Balaban J connectivity index is 1.70. The molecule has 27 heavy (non-hydrogen) atoms. The highest BCUT2D eigenvalue weighted by atomic mass is 35.5. The Hall–Kier alpha value is -1.90. The van der Waals surface area contributed by atoms with Gasteiger partial charge in [0.25, 0.3) is 5.56 Å². The number of thiophene rings is 1. The largest absolute Gasteiger partial charge is 0.390 e. The monoisotopic (exact) mass is 408 g/mol. The predicted molar refractivity (Wildman–Crippen MR) is 106 cm³/mol. The van der Waals surface area contributed by atoms with E-state index in [0.29, 0.717) is 28.5 Å². The van der Waals surface area contributed by atoms with E-state index in [0.717, 1.165) is 10.2 Å². The summed E-state index contributed by atoms with van der Waals surface area (Å²) in [5, 5.41) is 17.1. The molecule has 0 bridgehead atoms. The number of nitrogens with one attached hydrogen (secondary N) is 1. The van der Waals surface area contributed by atoms with E-state index in [4.69, 9.17) is 11.6 Å². The van der Waals surface area contributed by atoms with Crippen molar-refractivity contribution in [3.8, 4) is 0 Å². The lowest BCUT2D eigenvalue weighted by Gasteiger charge is -2.41. The molecule has 0 spiro atoms. The van der Waals surface area contributed by atoms with Crippen LogP contribution in [0, 0.1) is 0 Å². The molecule has 3 aromatic rings. The maximum absolute atomic E-state index is 12.9. The first kappa shape index (κ1) is 18.5. The van der Waals surface area contributed by atoms with E-state index in [9.17, 15) is 14.7 Å². The van der Waals surface area contributed by atoms with Crippen molar-refractivity contribution in [1.29, 1.82) is 0 Å². The quantitative estimate of drug-likeness (QED) is 0.694. The van der Waals surface area contributed by atoms with Crippen molar-refractivity contribution >= 4 is 44.6 Å². The smallest absolute Gasteiger partial charge is 0.291 e. The minimum absolute atomic E-state index is 0.0541. The van der Waals surface area contributed by atoms with E-state index in [2.05, 4.69) is 10.4 Å². The Morgan fingerprint density at radius 2 is 2.15 bits per heavy atom. The maximum Gasteiger partial charge on any atom is 0.291 e. The van der Waals surface area contributed by atoms with Gasteiger partial charge in [-0.2, -0.15) is 5.10 Å². The molecule has 1 aliphatic carbocycles. The average Bonchev–Trinajstić information content (AvgIpc) is 3.04. The van der Waals surface area contributed by atoms with Gasteiger partial charge in [-0.3, -0.25) is 14.0 Å². The lowest BCUT2D eigenvalue weighted by Crippen LogP contribution is -2.54. The molecule has 0 radical (unpaired) electrons. The zero-order valence-electron chi connectivity index (χ0n) is 15.3. The Bertz CT molecular complexity index is 1100. The minimum atomic E-state index is -0.713. The van der Waals surface area contributed by atoms with Gasteiger partial charge in [-0.1, -0.05) is 25.4 Å². The first-order chi connectivity index (χ1) is 12.6. The fourth-order valence-corrected chi connectivity index (χ4v) is 4.87. The van der Waals surface area contributed by atoms with E-state index < -0.39 is 5.60 Å². The van der Waals surface area contributed by atoms with Crippen molar-refractivity contribution in [3.63, 3.8) is 0 Å². The number of aromatic nitrogens is 3. The van der Waals surface area contributed by atoms with Crippen LogP contribution in [0.1, 0.15) is 45.4 Å². The van der Waals surface area contributed by atoms with E-state index in [-0.39, 0.29) is 30.0 Å². The fraction of sp³-hybridized carbons (Fsp3) is 0.500. The van der Waals surface area contributed by atoms with Gasteiger partial charge in [-0.25, -0.2) is 4.68 Å². The van der Waals surface area contributed by atoms with Crippen molar-refractivity contribution in [2.24, 2.45) is 0 Å². The number of nitrogens with zero attached hydrogens (tertiary/aromatic N) is 3. The van der Waals surface area contributed by atoms with Crippen LogP contribution in [0.5, 0.6) is 0 Å². The van der Waals surface area contributed by atoms with Crippen LogP contribution in [0.3, 0.4) is 0 Å². The van der Waals surface area contributed by atoms with E-state index >= 15 is 0 Å². The molecule has 1 aliphatic rings. The third-order valence-corrected chi connectivity index (χ3v) is 6.11. The minimum Gasteiger partial charge on any atom is -0.390 e. The molecule has 7 nitrogen and oxygen atoms in total. The Kier molecular flexibility index (Phi) is 4.32. The molecule has 0 atom stereocenters. The SMILES string of the molecule is CC(C)c1nn(CC(=O)N[C@H]2C[C@@](C)(O)C2)c(=O)c2cc3sc(Cl)cc3n12. The third kappa shape index (κ3) is 3.26. The van der Waals surface area contributed by atoms with E-state index in [1.165, 1.54) is 16.0 Å². The summed E-state index contributed by atoms with van der Waals surface area (Å²) in [6.45, 7) is 5.59. The van der Waals surface area contributed by atoms with Crippen molar-refractivity contribution < 1.29 is 9.90 Å². The maximum atomic E-state index is 12.9. The van der Waals surface area contributed by atoms with Crippen molar-refractivity contribution in [2.75, 3.05) is 0 Å². The van der Waals surface area contributed by atoms with E-state index in [1.807, 2.05) is 24.3 Å². The van der Waals surface area contributed by atoms with Gasteiger partial charge >= 0.3 is 0 Å². The molecule has 0 aliphatic heterocycles. The van der Waals surface area contributed by atoms with Gasteiger partial charge in [0.1, 0.15) is 17.9 Å². The number of fused-ring (bicyclic) bond motifs is 3. The number of rotatable bonds is 4. The number of carbonyl (C=O) groups excluding carboxylic acids is 1. The molecule has 9 heteroatoms. The zero-order valence-corrected chi connectivity index (χ0v) is 16.9. The molecular weight excluding hydrogens is 388 g/mol. The summed E-state index contributed by atoms with van der Waals surface area (Å²) >= 11 is 7.53.